The quantitative estimate of drug-likeness (QED) is 0.420. The van der Waals surface area contributed by atoms with E-state index >= 15 is 8.78 Å². The van der Waals surface area contributed by atoms with Crippen LogP contribution in [0.5, 0.6) is 0 Å². The first kappa shape index (κ1) is 29.0. The highest BCUT2D eigenvalue weighted by Crippen LogP contribution is 2.49. The van der Waals surface area contributed by atoms with E-state index in [-0.39, 0.29) is 35.9 Å². The summed E-state index contributed by atoms with van der Waals surface area (Å²) in [6.07, 6.45) is 0.618. The molecule has 1 aromatic heterocycles. The molecule has 4 aliphatic rings. The highest BCUT2D eigenvalue weighted by atomic mass is 32.2. The van der Waals surface area contributed by atoms with Crippen molar-refractivity contribution in [3.63, 3.8) is 0 Å². The number of halogens is 5. The van der Waals surface area contributed by atoms with E-state index in [4.69, 9.17) is 0 Å². The van der Waals surface area contributed by atoms with Gasteiger partial charge in [-0.1, -0.05) is 0 Å². The minimum atomic E-state index is -4.32. The Labute approximate surface area is 231 Å². The van der Waals surface area contributed by atoms with Gasteiger partial charge in [0.15, 0.2) is 0 Å². The van der Waals surface area contributed by atoms with Crippen LogP contribution in [-0.2, 0) is 19.4 Å². The third-order valence-electron chi connectivity index (χ3n) is 8.07. The lowest BCUT2D eigenvalue weighted by Gasteiger charge is -2.53. The minimum absolute atomic E-state index is 0.112. The van der Waals surface area contributed by atoms with E-state index in [1.54, 1.807) is 0 Å². The maximum atomic E-state index is 15.1. The number of fused-ring (bicyclic) bond motifs is 4. The minimum Gasteiger partial charge on any atom is -0.356 e. The van der Waals surface area contributed by atoms with Crippen molar-refractivity contribution in [2.75, 3.05) is 12.8 Å². The molecule has 9 nitrogen and oxygen atoms in total. The van der Waals surface area contributed by atoms with Crippen molar-refractivity contribution in [1.29, 1.82) is 0 Å². The number of nitrogens with zero attached hydrogens (tertiary/aromatic N) is 1. The average molecular weight is 603 g/mol. The van der Waals surface area contributed by atoms with Crippen LogP contribution in [0.2, 0.25) is 0 Å². The molecule has 1 aliphatic carbocycles. The van der Waals surface area contributed by atoms with E-state index in [9.17, 15) is 36.0 Å². The van der Waals surface area contributed by atoms with E-state index in [1.807, 2.05) is 0 Å². The fraction of sp³-hybridized carbons (Fsp3) is 0.500. The molecule has 3 amide bonds. The van der Waals surface area contributed by atoms with Gasteiger partial charge >= 0.3 is 0 Å². The molecule has 2 aromatic rings. The normalized spacial score (nSPS) is 26.7. The monoisotopic (exact) mass is 602 g/mol. The van der Waals surface area contributed by atoms with Crippen LogP contribution in [0.3, 0.4) is 0 Å². The lowest BCUT2D eigenvalue weighted by molar-refractivity contribution is -0.179. The van der Waals surface area contributed by atoms with E-state index in [0.29, 0.717) is 25.3 Å². The van der Waals surface area contributed by atoms with Crippen molar-refractivity contribution in [3.8, 4) is 0 Å². The van der Waals surface area contributed by atoms with Gasteiger partial charge in [0.05, 0.1) is 17.5 Å². The first-order chi connectivity index (χ1) is 19.2. The maximum Gasteiger partial charge on any atom is 0.271 e. The summed E-state index contributed by atoms with van der Waals surface area (Å²) >= 11 is 0. The van der Waals surface area contributed by atoms with Crippen LogP contribution in [0.1, 0.15) is 42.6 Å². The van der Waals surface area contributed by atoms with Crippen LogP contribution in [0.25, 0.3) is 10.9 Å². The molecule has 0 spiro atoms. The predicted molar refractivity (Wildman–Crippen MR) is 136 cm³/mol. The average Bonchev–Trinajstić information content (AvgIpc) is 3.52. The zero-order valence-electron chi connectivity index (χ0n) is 21.7. The summed E-state index contributed by atoms with van der Waals surface area (Å²) < 4.78 is 96.6. The number of piperidine rings is 2. The molecule has 0 unspecified atom stereocenters. The van der Waals surface area contributed by atoms with Crippen molar-refractivity contribution in [3.05, 3.63) is 46.8 Å². The van der Waals surface area contributed by atoms with Crippen molar-refractivity contribution in [2.24, 2.45) is 11.8 Å². The van der Waals surface area contributed by atoms with Gasteiger partial charge in [0.25, 0.3) is 11.8 Å². The molecule has 3 saturated heterocycles. The maximum absolute atomic E-state index is 15.1. The zero-order chi connectivity index (χ0) is 29.9. The Morgan fingerprint density at radius 2 is 1.90 bits per heavy atom. The zero-order valence-corrected chi connectivity index (χ0v) is 22.5. The molecule has 4 heterocycles. The summed E-state index contributed by atoms with van der Waals surface area (Å²) in [4.78, 5) is 42.8. The summed E-state index contributed by atoms with van der Waals surface area (Å²) in [5.74, 6) is -9.77. The molecule has 2 bridgehead atoms. The summed E-state index contributed by atoms with van der Waals surface area (Å²) in [6.45, 7) is 0.314. The number of H-pyrrole nitrogens is 1. The second kappa shape index (κ2) is 10.4. The van der Waals surface area contributed by atoms with Gasteiger partial charge in [-0.05, 0) is 50.0 Å². The molecule has 1 aromatic carbocycles. The molecular formula is C26H27F5N4O5S. The number of carbonyl (C=O) groups excluding carboxylic acids is 3. The number of carbonyl (C=O) groups is 3. The molecule has 4 fully saturated rings. The fourth-order valence-electron chi connectivity index (χ4n) is 6.10. The first-order valence-electron chi connectivity index (χ1n) is 13.0. The predicted octanol–water partition coefficient (Wildman–Crippen LogP) is 2.94. The smallest absolute Gasteiger partial charge is 0.271 e. The molecule has 1 saturated carbocycles. The lowest BCUT2D eigenvalue weighted by Crippen LogP contribution is -2.68. The molecular weight excluding hydrogens is 575 g/mol. The van der Waals surface area contributed by atoms with Crippen molar-refractivity contribution >= 4 is 38.5 Å². The third-order valence-corrected chi connectivity index (χ3v) is 8.92. The third kappa shape index (κ3) is 5.43. The first-order valence-corrected chi connectivity index (χ1v) is 14.9. The van der Waals surface area contributed by atoms with Crippen LogP contribution < -0.4 is 10.6 Å². The number of aromatic nitrogens is 1. The van der Waals surface area contributed by atoms with Gasteiger partial charge in [0.2, 0.25) is 26.8 Å². The van der Waals surface area contributed by atoms with Gasteiger partial charge in [0.1, 0.15) is 23.4 Å². The topological polar surface area (TPSA) is 128 Å². The summed E-state index contributed by atoms with van der Waals surface area (Å²) in [7, 11) is -4.32. The van der Waals surface area contributed by atoms with E-state index in [0.717, 1.165) is 23.1 Å². The van der Waals surface area contributed by atoms with Gasteiger partial charge in [-0.25, -0.2) is 26.0 Å². The van der Waals surface area contributed by atoms with Crippen molar-refractivity contribution < 1.29 is 44.8 Å². The van der Waals surface area contributed by atoms with Crippen LogP contribution in [0.4, 0.5) is 22.0 Å². The highest BCUT2D eigenvalue weighted by molar-refractivity contribution is 7.94. The number of nitrogens with one attached hydrogen (secondary N) is 3. The molecule has 222 valence electrons. The number of benzene rings is 1. The fourth-order valence-corrected chi connectivity index (χ4v) is 6.51. The molecule has 3 aliphatic heterocycles. The lowest BCUT2D eigenvalue weighted by atomic mass is 9.71. The highest BCUT2D eigenvalue weighted by Gasteiger charge is 2.60. The Balaban J connectivity index is 1.49. The van der Waals surface area contributed by atoms with Crippen molar-refractivity contribution in [2.45, 2.75) is 56.2 Å². The Morgan fingerprint density at radius 1 is 1.20 bits per heavy atom. The van der Waals surface area contributed by atoms with E-state index in [1.165, 1.54) is 0 Å². The summed E-state index contributed by atoms with van der Waals surface area (Å²) in [6, 6.07) is -1.48. The number of amides is 3. The van der Waals surface area contributed by atoms with Crippen LogP contribution in [0.15, 0.2) is 29.4 Å². The number of hydrogen-bond acceptors (Lipinski definition) is 5. The van der Waals surface area contributed by atoms with Crippen molar-refractivity contribution in [1.82, 2.24) is 20.5 Å². The van der Waals surface area contributed by atoms with Gasteiger partial charge in [-0.15, -0.1) is 0 Å². The van der Waals surface area contributed by atoms with Gasteiger partial charge in [0, 0.05) is 36.6 Å². The SMILES string of the molecule is CS(=O)(=O)/C(F)=C\[C@@H](C[C@H]1CCNC1=O)NC(=O)[C@@H]1[C@@H]2CC[C@@H](CC2(F)F)N1C(=O)c1cc2c(F)ccc(F)c2[nH]1. The number of rotatable bonds is 7. The van der Waals surface area contributed by atoms with E-state index in [2.05, 4.69) is 15.6 Å². The van der Waals surface area contributed by atoms with Crippen LogP contribution in [0, 0.1) is 23.5 Å². The second-order valence-electron chi connectivity index (χ2n) is 10.8. The molecule has 15 heteroatoms. The van der Waals surface area contributed by atoms with Gasteiger partial charge < -0.3 is 20.5 Å². The summed E-state index contributed by atoms with van der Waals surface area (Å²) in [5.41, 5.74) is -0.627. The molecule has 6 rings (SSSR count). The van der Waals surface area contributed by atoms with Gasteiger partial charge in [-0.2, -0.15) is 4.39 Å². The Kier molecular flexibility index (Phi) is 7.37. The van der Waals surface area contributed by atoms with Crippen LogP contribution >= 0.6 is 0 Å². The molecule has 5 atom stereocenters. The molecule has 41 heavy (non-hydrogen) atoms. The molecule has 3 N–H and O–H groups in total. The standard InChI is InChI=1S/C26H27F5N4O5S/c1-41(39,40)20(29)9-13(8-12-6-7-32-23(12)36)33-24(37)22-16-3-2-14(11-26(16,30)31)35(22)25(38)19-10-15-17(27)4-5-18(28)21(15)34-19/h4-5,9-10,12-14,16,22,34H,2-3,6-8,11H2,1H3,(H,32,36)(H,33,37)/b20-9-/t12-,13-,14+,16+,22+/m1/s1. The second-order valence-corrected chi connectivity index (χ2v) is 12.8. The Hall–Kier alpha value is -3.49. The Bertz CT molecular complexity index is 1520. The number of alkyl halides is 2. The largest absolute Gasteiger partial charge is 0.356 e. The van der Waals surface area contributed by atoms with Crippen LogP contribution in [-0.4, -0.2) is 72.9 Å². The number of hydrogen-bond donors (Lipinski definition) is 3. The van der Waals surface area contributed by atoms with E-state index < -0.39 is 86.7 Å². The molecule has 0 radical (unpaired) electrons. The Morgan fingerprint density at radius 3 is 2.51 bits per heavy atom. The number of sulfone groups is 1. The summed E-state index contributed by atoms with van der Waals surface area (Å²) in [5, 5.41) is 3.14. The number of aromatic amines is 1. The van der Waals surface area contributed by atoms with Gasteiger partial charge in [-0.3, -0.25) is 14.4 Å².